The van der Waals surface area contributed by atoms with Crippen LogP contribution >= 0.6 is 0 Å². The molecule has 38 valence electrons. The third-order valence-electron chi connectivity index (χ3n) is 1.56. The van der Waals surface area contributed by atoms with E-state index >= 15 is 0 Å². The van der Waals surface area contributed by atoms with Gasteiger partial charge in [0.15, 0.2) is 0 Å². The highest BCUT2D eigenvalue weighted by molar-refractivity contribution is 5.16. The largest absolute Gasteiger partial charge is 0.326 e. The van der Waals surface area contributed by atoms with E-state index < -0.39 is 0 Å². The molecule has 1 fully saturated rings. The minimum atomic E-state index is -0.167. The van der Waals surface area contributed by atoms with Crippen LogP contribution in [0.2, 0.25) is 0 Å². The van der Waals surface area contributed by atoms with Crippen LogP contribution in [-0.4, -0.2) is 6.04 Å². The average molecular weight is 96.1 g/mol. The molecule has 1 rings (SSSR count). The topological polar surface area (TPSA) is 49.8 Å². The third kappa shape index (κ3) is 0.495. The van der Waals surface area contributed by atoms with E-state index in [0.717, 1.165) is 6.42 Å². The van der Waals surface area contributed by atoms with Gasteiger partial charge < -0.3 is 5.73 Å². The Morgan fingerprint density at radius 2 is 2.43 bits per heavy atom. The number of nitriles is 1. The van der Waals surface area contributed by atoms with Crippen LogP contribution in [0.15, 0.2) is 0 Å². The van der Waals surface area contributed by atoms with E-state index in [-0.39, 0.29) is 11.5 Å². The number of rotatable bonds is 0. The summed E-state index contributed by atoms with van der Waals surface area (Å²) in [7, 11) is 0. The van der Waals surface area contributed by atoms with E-state index in [2.05, 4.69) is 6.07 Å². The molecule has 2 heteroatoms. The zero-order chi connectivity index (χ0) is 5.49. The second kappa shape index (κ2) is 0.988. The fourth-order valence-electron chi connectivity index (χ4n) is 0.526. The molecule has 2 nitrogen and oxygen atoms in total. The predicted octanol–water partition coefficient (Wildman–Crippen LogP) is 0.247. The molecule has 0 aromatic carbocycles. The molecule has 0 saturated heterocycles. The van der Waals surface area contributed by atoms with Gasteiger partial charge in [-0.2, -0.15) is 5.26 Å². The lowest BCUT2D eigenvalue weighted by molar-refractivity contribution is 0.720. The molecular weight excluding hydrogens is 88.1 g/mol. The van der Waals surface area contributed by atoms with E-state index in [0.29, 0.717) is 0 Å². The summed E-state index contributed by atoms with van der Waals surface area (Å²) in [4.78, 5) is 0. The van der Waals surface area contributed by atoms with E-state index in [9.17, 15) is 0 Å². The van der Waals surface area contributed by atoms with Crippen LogP contribution in [0.1, 0.15) is 13.3 Å². The van der Waals surface area contributed by atoms with Gasteiger partial charge in [0.25, 0.3) is 0 Å². The molecule has 0 aromatic heterocycles. The van der Waals surface area contributed by atoms with Crippen molar-refractivity contribution in [3.8, 4) is 6.07 Å². The van der Waals surface area contributed by atoms with E-state index in [1.165, 1.54) is 0 Å². The molecule has 0 bridgehead atoms. The van der Waals surface area contributed by atoms with Gasteiger partial charge in [-0.25, -0.2) is 0 Å². The van der Waals surface area contributed by atoms with Crippen LogP contribution < -0.4 is 5.73 Å². The molecule has 0 unspecified atom stereocenters. The maximum atomic E-state index is 8.31. The Labute approximate surface area is 42.9 Å². The Morgan fingerprint density at radius 1 is 2.00 bits per heavy atom. The smallest absolute Gasteiger partial charge is 0.0712 e. The maximum Gasteiger partial charge on any atom is 0.0712 e. The summed E-state index contributed by atoms with van der Waals surface area (Å²) in [6.07, 6.45) is 0.878. The molecule has 1 saturated carbocycles. The van der Waals surface area contributed by atoms with Crippen LogP contribution in [0.25, 0.3) is 0 Å². The van der Waals surface area contributed by atoms with Crippen molar-refractivity contribution >= 4 is 0 Å². The molecule has 0 radical (unpaired) electrons. The summed E-state index contributed by atoms with van der Waals surface area (Å²) < 4.78 is 0. The Bertz CT molecular complexity index is 125. The molecule has 0 amide bonds. The van der Waals surface area contributed by atoms with Gasteiger partial charge in [-0.1, -0.05) is 0 Å². The highest BCUT2D eigenvalue weighted by Crippen LogP contribution is 2.42. The van der Waals surface area contributed by atoms with Crippen LogP contribution in [-0.2, 0) is 0 Å². The van der Waals surface area contributed by atoms with Crippen molar-refractivity contribution in [2.45, 2.75) is 19.4 Å². The summed E-state index contributed by atoms with van der Waals surface area (Å²) in [6, 6.07) is 2.29. The van der Waals surface area contributed by atoms with Gasteiger partial charge in [0.05, 0.1) is 11.5 Å². The van der Waals surface area contributed by atoms with Crippen LogP contribution in [0.3, 0.4) is 0 Å². The summed E-state index contributed by atoms with van der Waals surface area (Å²) >= 11 is 0. The van der Waals surface area contributed by atoms with Crippen molar-refractivity contribution in [1.82, 2.24) is 0 Å². The van der Waals surface area contributed by atoms with Gasteiger partial charge in [0.1, 0.15) is 0 Å². The molecule has 1 aliphatic rings. The van der Waals surface area contributed by atoms with Crippen molar-refractivity contribution in [2.24, 2.45) is 11.1 Å². The Balaban J connectivity index is 2.57. The second-order valence-electron chi connectivity index (χ2n) is 2.34. The fourth-order valence-corrected chi connectivity index (χ4v) is 0.526. The minimum Gasteiger partial charge on any atom is -0.326 e. The standard InChI is InChI=1S/C5H8N2/c1-5(3-6)2-4(5)7/h4H,2,7H2,1H3/t4-,5-/m1/s1. The van der Waals surface area contributed by atoms with Gasteiger partial charge in [0.2, 0.25) is 0 Å². The van der Waals surface area contributed by atoms with Gasteiger partial charge in [-0.05, 0) is 13.3 Å². The number of nitrogens with zero attached hydrogens (tertiary/aromatic N) is 1. The van der Waals surface area contributed by atoms with E-state index in [1.807, 2.05) is 6.92 Å². The van der Waals surface area contributed by atoms with Gasteiger partial charge >= 0.3 is 0 Å². The summed E-state index contributed by atoms with van der Waals surface area (Å²) in [6.45, 7) is 1.89. The molecular formula is C5H8N2. The highest BCUT2D eigenvalue weighted by atomic mass is 14.8. The Morgan fingerprint density at radius 3 is 2.43 bits per heavy atom. The van der Waals surface area contributed by atoms with E-state index in [1.54, 1.807) is 0 Å². The molecule has 0 aliphatic heterocycles. The normalized spacial score (nSPS) is 47.9. The molecule has 1 aliphatic carbocycles. The first kappa shape index (κ1) is 4.61. The monoisotopic (exact) mass is 96.1 g/mol. The first-order valence-electron chi connectivity index (χ1n) is 2.36. The van der Waals surface area contributed by atoms with E-state index in [4.69, 9.17) is 11.0 Å². The van der Waals surface area contributed by atoms with Gasteiger partial charge in [-0.15, -0.1) is 0 Å². The lowest BCUT2D eigenvalue weighted by Crippen LogP contribution is -2.07. The zero-order valence-electron chi connectivity index (χ0n) is 4.31. The molecule has 0 aromatic rings. The predicted molar refractivity (Wildman–Crippen MR) is 26.3 cm³/mol. The quantitative estimate of drug-likeness (QED) is 0.470. The van der Waals surface area contributed by atoms with Crippen molar-refractivity contribution in [2.75, 3.05) is 0 Å². The van der Waals surface area contributed by atoms with Crippen molar-refractivity contribution in [3.05, 3.63) is 0 Å². The van der Waals surface area contributed by atoms with Gasteiger partial charge in [0, 0.05) is 6.04 Å². The SMILES string of the molecule is C[C@]1(C#N)C[C@H]1N. The minimum absolute atomic E-state index is 0.150. The molecule has 7 heavy (non-hydrogen) atoms. The lowest BCUT2D eigenvalue weighted by Gasteiger charge is -1.88. The number of hydrogen-bond acceptors (Lipinski definition) is 2. The summed E-state index contributed by atoms with van der Waals surface area (Å²) in [5.74, 6) is 0. The summed E-state index contributed by atoms with van der Waals surface area (Å²) in [5.41, 5.74) is 5.22. The fraction of sp³-hybridized carbons (Fsp3) is 0.800. The first-order chi connectivity index (χ1) is 3.19. The lowest BCUT2D eigenvalue weighted by atomic mass is 10.2. The molecule has 2 N–H and O–H groups in total. The second-order valence-corrected chi connectivity index (χ2v) is 2.34. The molecule has 0 spiro atoms. The molecule has 0 heterocycles. The first-order valence-corrected chi connectivity index (χ1v) is 2.36. The van der Waals surface area contributed by atoms with Crippen molar-refractivity contribution in [1.29, 1.82) is 5.26 Å². The third-order valence-corrected chi connectivity index (χ3v) is 1.56. The number of nitrogens with two attached hydrogens (primary N) is 1. The van der Waals surface area contributed by atoms with Crippen LogP contribution in [0.4, 0.5) is 0 Å². The van der Waals surface area contributed by atoms with Crippen LogP contribution in [0, 0.1) is 16.7 Å². The average Bonchev–Trinajstić information content (AvgIpc) is 2.18. The molecule has 2 atom stereocenters. The van der Waals surface area contributed by atoms with Gasteiger partial charge in [-0.3, -0.25) is 0 Å². The Hall–Kier alpha value is -0.550. The van der Waals surface area contributed by atoms with Crippen LogP contribution in [0.5, 0.6) is 0 Å². The van der Waals surface area contributed by atoms with Crippen molar-refractivity contribution < 1.29 is 0 Å². The number of hydrogen-bond donors (Lipinski definition) is 1. The summed E-state index contributed by atoms with van der Waals surface area (Å²) in [5, 5.41) is 8.31. The Kier molecular flexibility index (Phi) is 0.650. The zero-order valence-corrected chi connectivity index (χ0v) is 4.31. The highest BCUT2D eigenvalue weighted by Gasteiger charge is 2.47. The van der Waals surface area contributed by atoms with Crippen molar-refractivity contribution in [3.63, 3.8) is 0 Å². The maximum absolute atomic E-state index is 8.31.